The third kappa shape index (κ3) is 3.63. The van der Waals surface area contributed by atoms with E-state index in [1.807, 2.05) is 0 Å². The highest BCUT2D eigenvalue weighted by molar-refractivity contribution is 9.12. The van der Waals surface area contributed by atoms with Crippen molar-refractivity contribution in [3.63, 3.8) is 0 Å². The van der Waals surface area contributed by atoms with Gasteiger partial charge in [-0.1, -0.05) is 99.1 Å². The minimum absolute atomic E-state index is 0.339. The van der Waals surface area contributed by atoms with E-state index in [4.69, 9.17) is 0 Å². The highest BCUT2D eigenvalue weighted by atomic mass is 79.9. The van der Waals surface area contributed by atoms with Crippen molar-refractivity contribution >= 4 is 31.9 Å². The number of alkyl halides is 2. The molecule has 4 aliphatic carbocycles. The van der Waals surface area contributed by atoms with E-state index < -0.39 is 0 Å². The molecule has 0 unspecified atom stereocenters. The molecule has 30 heavy (non-hydrogen) atoms. The largest absolute Gasteiger partial charge is 0.0875 e. The van der Waals surface area contributed by atoms with Gasteiger partial charge in [0.25, 0.3) is 0 Å². The lowest BCUT2D eigenvalue weighted by Crippen LogP contribution is -2.63. The Morgan fingerprint density at radius 1 is 0.867 bits per heavy atom. The average molecular weight is 545 g/mol. The first-order valence-electron chi connectivity index (χ1n) is 13.4. The summed E-state index contributed by atoms with van der Waals surface area (Å²) in [5.41, 5.74) is 1.09. The molecule has 4 rings (SSSR count). The third-order valence-corrected chi connectivity index (χ3v) is 15.3. The molecule has 0 aromatic carbocycles. The van der Waals surface area contributed by atoms with Gasteiger partial charge in [0.1, 0.15) is 0 Å². The van der Waals surface area contributed by atoms with E-state index in [1.165, 1.54) is 70.6 Å². The van der Waals surface area contributed by atoms with Crippen LogP contribution in [0.5, 0.6) is 0 Å². The van der Waals surface area contributed by atoms with Crippen molar-refractivity contribution in [3.05, 3.63) is 0 Å². The lowest BCUT2D eigenvalue weighted by atomic mass is 9.44. The van der Waals surface area contributed by atoms with Crippen LogP contribution < -0.4 is 0 Å². The molecular weight excluding hydrogens is 496 g/mol. The molecule has 4 aliphatic rings. The molecule has 0 N–H and O–H groups in total. The smallest absolute Gasteiger partial charge is 0.0439 e. The summed E-state index contributed by atoms with van der Waals surface area (Å²) in [6.45, 7) is 15.3. The summed E-state index contributed by atoms with van der Waals surface area (Å²) < 4.78 is 0.339. The molecule has 0 amide bonds. The minimum Gasteiger partial charge on any atom is -0.0875 e. The predicted molar refractivity (Wildman–Crippen MR) is 138 cm³/mol. The van der Waals surface area contributed by atoms with E-state index >= 15 is 0 Å². The Bertz CT molecular complexity index is 616. The normalized spacial score (nSPS) is 50.5. The van der Waals surface area contributed by atoms with Crippen LogP contribution in [0, 0.1) is 52.3 Å². The fraction of sp³-hybridized carbons (Fsp3) is 1.00. The van der Waals surface area contributed by atoms with Gasteiger partial charge in [-0.2, -0.15) is 0 Å². The molecule has 0 spiro atoms. The van der Waals surface area contributed by atoms with Crippen LogP contribution in [0.3, 0.4) is 0 Å². The fourth-order valence-electron chi connectivity index (χ4n) is 9.24. The number of hydrogen-bond acceptors (Lipinski definition) is 0. The van der Waals surface area contributed by atoms with Crippen molar-refractivity contribution in [2.24, 2.45) is 52.3 Å². The molecule has 4 saturated carbocycles. The molecule has 0 aliphatic heterocycles. The Morgan fingerprint density at radius 3 is 2.27 bits per heavy atom. The summed E-state index contributed by atoms with van der Waals surface area (Å²) in [6, 6.07) is 0. The molecule has 0 saturated heterocycles. The number of hydrogen-bond donors (Lipinski definition) is 0. The molecule has 0 heterocycles. The van der Waals surface area contributed by atoms with Gasteiger partial charge < -0.3 is 0 Å². The lowest BCUT2D eigenvalue weighted by molar-refractivity contribution is -0.0976. The Kier molecular flexibility index (Phi) is 6.93. The molecule has 4 fully saturated rings. The van der Waals surface area contributed by atoms with Gasteiger partial charge in [-0.15, -0.1) is 0 Å². The van der Waals surface area contributed by atoms with E-state index in [2.05, 4.69) is 73.4 Å². The maximum atomic E-state index is 4.38. The lowest BCUT2D eigenvalue weighted by Gasteiger charge is -2.65. The molecular formula is C28H48Br2. The summed E-state index contributed by atoms with van der Waals surface area (Å²) in [6.07, 6.45) is 16.0. The quantitative estimate of drug-likeness (QED) is 0.302. The summed E-state index contributed by atoms with van der Waals surface area (Å²) >= 11 is 8.63. The summed E-state index contributed by atoms with van der Waals surface area (Å²) in [4.78, 5) is 0.655. The van der Waals surface area contributed by atoms with E-state index in [9.17, 15) is 0 Å². The number of halogens is 2. The molecule has 0 radical (unpaired) electrons. The first-order valence-corrected chi connectivity index (χ1v) is 15.1. The molecule has 0 aromatic rings. The molecule has 0 nitrogen and oxygen atoms in total. The Labute approximate surface area is 204 Å². The highest BCUT2D eigenvalue weighted by Gasteiger charge is 2.65. The van der Waals surface area contributed by atoms with Crippen LogP contribution in [-0.4, -0.2) is 9.15 Å². The van der Waals surface area contributed by atoms with Crippen molar-refractivity contribution in [2.45, 2.75) is 121 Å². The second-order valence-electron chi connectivity index (χ2n) is 13.1. The number of rotatable bonds is 5. The zero-order chi connectivity index (χ0) is 21.9. The molecule has 0 aromatic heterocycles. The van der Waals surface area contributed by atoms with Crippen LogP contribution in [-0.2, 0) is 0 Å². The van der Waals surface area contributed by atoms with E-state index in [-0.39, 0.29) is 0 Å². The first kappa shape index (κ1) is 24.1. The molecule has 2 heteroatoms. The van der Waals surface area contributed by atoms with Crippen LogP contribution in [0.15, 0.2) is 0 Å². The second-order valence-corrected chi connectivity index (χ2v) is 15.6. The summed E-state index contributed by atoms with van der Waals surface area (Å²) in [7, 11) is 0. The van der Waals surface area contributed by atoms with Gasteiger partial charge in [-0.05, 0) is 97.2 Å². The van der Waals surface area contributed by atoms with Gasteiger partial charge in [-0.25, -0.2) is 0 Å². The third-order valence-electron chi connectivity index (χ3n) is 11.6. The highest BCUT2D eigenvalue weighted by Crippen LogP contribution is 2.71. The Balaban J connectivity index is 1.52. The Hall–Kier alpha value is 0.960. The van der Waals surface area contributed by atoms with Gasteiger partial charge >= 0.3 is 0 Å². The van der Waals surface area contributed by atoms with E-state index in [1.54, 1.807) is 0 Å². The van der Waals surface area contributed by atoms with Crippen molar-refractivity contribution < 1.29 is 0 Å². The summed E-state index contributed by atoms with van der Waals surface area (Å²) in [5.74, 6) is 6.44. The zero-order valence-electron chi connectivity index (χ0n) is 20.7. The zero-order valence-corrected chi connectivity index (χ0v) is 23.8. The standard InChI is InChI=1S/C28H48Br2/c1-18(2)19(3)9-10-20(4)22-11-12-23-21-17-25(29)28(30)15-8-7-14-27(28,6)24(21)13-16-26(22,23)5/h18-25H,7-17H2,1-6H3/t19-,20+,21-,22+,23-,24-,25+,26+,27+,28-/m0/s1. The fourth-order valence-corrected chi connectivity index (χ4v) is 11.4. The Morgan fingerprint density at radius 2 is 1.57 bits per heavy atom. The van der Waals surface area contributed by atoms with Gasteiger partial charge in [0.2, 0.25) is 0 Å². The topological polar surface area (TPSA) is 0 Å². The molecule has 174 valence electrons. The van der Waals surface area contributed by atoms with Gasteiger partial charge in [0, 0.05) is 9.15 Å². The second kappa shape index (κ2) is 8.63. The van der Waals surface area contributed by atoms with Gasteiger partial charge in [0.05, 0.1) is 0 Å². The maximum Gasteiger partial charge on any atom is 0.0439 e. The van der Waals surface area contributed by atoms with E-state index in [0.29, 0.717) is 20.0 Å². The minimum atomic E-state index is 0.339. The van der Waals surface area contributed by atoms with Crippen LogP contribution in [0.4, 0.5) is 0 Å². The van der Waals surface area contributed by atoms with Crippen LogP contribution in [0.25, 0.3) is 0 Å². The predicted octanol–water partition coefficient (Wildman–Crippen LogP) is 9.63. The van der Waals surface area contributed by atoms with E-state index in [0.717, 1.165) is 41.4 Å². The molecule has 10 atom stereocenters. The van der Waals surface area contributed by atoms with Crippen LogP contribution in [0.2, 0.25) is 0 Å². The van der Waals surface area contributed by atoms with Crippen molar-refractivity contribution in [1.29, 1.82) is 0 Å². The molecule has 0 bridgehead atoms. The van der Waals surface area contributed by atoms with Crippen LogP contribution in [0.1, 0.15) is 112 Å². The average Bonchev–Trinajstić information content (AvgIpc) is 3.05. The van der Waals surface area contributed by atoms with Gasteiger partial charge in [-0.3, -0.25) is 0 Å². The summed E-state index contributed by atoms with van der Waals surface area (Å²) in [5, 5.41) is 0. The van der Waals surface area contributed by atoms with Crippen LogP contribution >= 0.6 is 31.9 Å². The van der Waals surface area contributed by atoms with Crippen molar-refractivity contribution in [3.8, 4) is 0 Å². The number of fused-ring (bicyclic) bond motifs is 5. The van der Waals surface area contributed by atoms with Gasteiger partial charge in [0.15, 0.2) is 0 Å². The SMILES string of the molecule is CC(C)[C@@H](C)CC[C@@H](C)[C@H]1CC[C@H]2[C@@H]3C[C@@H](Br)[C@@]4(Br)CCCC[C@]4(C)[C@H]3CC[C@]12C. The monoisotopic (exact) mass is 542 g/mol. The first-order chi connectivity index (χ1) is 14.0. The van der Waals surface area contributed by atoms with Crippen molar-refractivity contribution in [1.82, 2.24) is 0 Å². The van der Waals surface area contributed by atoms with Crippen molar-refractivity contribution in [2.75, 3.05) is 0 Å². The maximum absolute atomic E-state index is 4.38.